The third-order valence-electron chi connectivity index (χ3n) is 7.70. The lowest BCUT2D eigenvalue weighted by molar-refractivity contribution is 0.146. The van der Waals surface area contributed by atoms with Crippen LogP contribution >= 0.6 is 0 Å². The van der Waals surface area contributed by atoms with Crippen LogP contribution in [-0.4, -0.2) is 73.8 Å². The molecular weight excluding hydrogens is 488 g/mol. The molecule has 0 aliphatic carbocycles. The summed E-state index contributed by atoms with van der Waals surface area (Å²) in [5.41, 5.74) is 0.181. The van der Waals surface area contributed by atoms with Gasteiger partial charge in [0.2, 0.25) is 0 Å². The van der Waals surface area contributed by atoms with E-state index in [0.29, 0.717) is 24.2 Å². The number of hydrogen-bond acceptors (Lipinski definition) is 7. The van der Waals surface area contributed by atoms with Crippen LogP contribution in [0.3, 0.4) is 0 Å². The maximum atomic E-state index is 14.5. The van der Waals surface area contributed by atoms with Crippen LogP contribution in [0.2, 0.25) is 0 Å². The highest BCUT2D eigenvalue weighted by molar-refractivity contribution is 5.60. The summed E-state index contributed by atoms with van der Waals surface area (Å²) in [6.45, 7) is 4.61. The van der Waals surface area contributed by atoms with Crippen LogP contribution in [0, 0.1) is 11.6 Å². The first-order chi connectivity index (χ1) is 17.8. The van der Waals surface area contributed by atoms with E-state index in [0.717, 1.165) is 49.4 Å². The predicted octanol–water partition coefficient (Wildman–Crippen LogP) is 3.92. The molecule has 2 atom stereocenters. The number of methoxy groups -OCH3 is 1. The zero-order valence-corrected chi connectivity index (χ0v) is 21.3. The Hall–Kier alpha value is -2.66. The van der Waals surface area contributed by atoms with Gasteiger partial charge >= 0.3 is 6.01 Å². The van der Waals surface area contributed by atoms with Gasteiger partial charge in [-0.3, -0.25) is 0 Å². The van der Waals surface area contributed by atoms with Crippen molar-refractivity contribution < 1.29 is 22.3 Å². The van der Waals surface area contributed by atoms with Crippen molar-refractivity contribution in [2.24, 2.45) is 0 Å². The molecule has 202 valence electrons. The van der Waals surface area contributed by atoms with Crippen molar-refractivity contribution in [3.05, 3.63) is 40.6 Å². The molecule has 0 radical (unpaired) electrons. The number of likely N-dealkylation sites (tertiary alicyclic amines) is 1. The highest BCUT2D eigenvalue weighted by Crippen LogP contribution is 2.38. The second kappa shape index (κ2) is 11.0. The quantitative estimate of drug-likeness (QED) is 0.611. The number of hydrogen-bond donors (Lipinski definition) is 1. The standard InChI is InChI=1S/C21H23F4N5O.C5H11N/c1-31-21-27-16-10-29(18-15(23)5-4-14(22)17(18)19(24)25)7-6-13(16)20(28-21)30-8-11-2-3-12(9-30)26-11;1-6-4-2-3-5-6/h4-5,11-12,19,26H,2-3,6-10H2,1H3;2-5H2,1H3. The number of halogens is 4. The van der Waals surface area contributed by atoms with Gasteiger partial charge in [-0.25, -0.2) is 17.6 Å². The second-order valence-electron chi connectivity index (χ2n) is 10.3. The van der Waals surface area contributed by atoms with E-state index in [1.165, 1.54) is 37.9 Å². The molecule has 2 unspecified atom stereocenters. The topological polar surface area (TPSA) is 56.8 Å². The average Bonchev–Trinajstić information content (AvgIpc) is 3.51. The highest BCUT2D eigenvalue weighted by Gasteiger charge is 2.36. The number of nitrogens with zero attached hydrogens (tertiary/aromatic N) is 5. The Morgan fingerprint density at radius 3 is 2.24 bits per heavy atom. The van der Waals surface area contributed by atoms with Gasteiger partial charge < -0.3 is 24.8 Å². The fourth-order valence-electron chi connectivity index (χ4n) is 5.86. The van der Waals surface area contributed by atoms with Gasteiger partial charge in [0, 0.05) is 37.3 Å². The molecule has 0 amide bonds. The molecule has 6 rings (SSSR count). The minimum Gasteiger partial charge on any atom is -0.467 e. The molecule has 4 aliphatic heterocycles. The molecular formula is C26H34F4N6O. The molecule has 3 fully saturated rings. The van der Waals surface area contributed by atoms with Crippen LogP contribution in [0.15, 0.2) is 12.1 Å². The van der Waals surface area contributed by atoms with Gasteiger partial charge in [-0.05, 0) is 64.4 Å². The molecule has 1 N–H and O–H groups in total. The summed E-state index contributed by atoms with van der Waals surface area (Å²) < 4.78 is 61.0. The van der Waals surface area contributed by atoms with Crippen molar-refractivity contribution >= 4 is 11.5 Å². The van der Waals surface area contributed by atoms with E-state index in [2.05, 4.69) is 32.1 Å². The van der Waals surface area contributed by atoms with E-state index < -0.39 is 29.3 Å². The Bertz CT molecular complexity index is 1100. The number of rotatable bonds is 4. The molecule has 37 heavy (non-hydrogen) atoms. The molecule has 1 aromatic carbocycles. The van der Waals surface area contributed by atoms with Gasteiger partial charge in [0.15, 0.2) is 0 Å². The van der Waals surface area contributed by atoms with Gasteiger partial charge in [0.05, 0.1) is 30.6 Å². The summed E-state index contributed by atoms with van der Waals surface area (Å²) in [6, 6.07) is 2.61. The first kappa shape index (κ1) is 26.0. The van der Waals surface area contributed by atoms with Crippen LogP contribution < -0.4 is 19.9 Å². The van der Waals surface area contributed by atoms with Crippen LogP contribution in [0.25, 0.3) is 0 Å². The molecule has 11 heteroatoms. The van der Waals surface area contributed by atoms with E-state index in [1.54, 1.807) is 0 Å². The van der Waals surface area contributed by atoms with E-state index in [1.807, 2.05) is 0 Å². The van der Waals surface area contributed by atoms with Crippen molar-refractivity contribution in [2.45, 2.75) is 57.2 Å². The van der Waals surface area contributed by atoms with Crippen molar-refractivity contribution in [1.29, 1.82) is 0 Å². The molecule has 2 bridgehead atoms. The summed E-state index contributed by atoms with van der Waals surface area (Å²) in [7, 11) is 3.64. The van der Waals surface area contributed by atoms with E-state index in [9.17, 15) is 17.6 Å². The third-order valence-corrected chi connectivity index (χ3v) is 7.70. The molecule has 0 saturated carbocycles. The van der Waals surface area contributed by atoms with Crippen LogP contribution in [0.4, 0.5) is 29.1 Å². The van der Waals surface area contributed by atoms with Crippen LogP contribution in [0.5, 0.6) is 6.01 Å². The number of benzene rings is 1. The molecule has 5 heterocycles. The monoisotopic (exact) mass is 522 g/mol. The van der Waals surface area contributed by atoms with E-state index in [-0.39, 0.29) is 19.1 Å². The summed E-state index contributed by atoms with van der Waals surface area (Å²) in [4.78, 5) is 15.0. The lowest BCUT2D eigenvalue weighted by atomic mass is 10.0. The van der Waals surface area contributed by atoms with Crippen molar-refractivity contribution in [3.8, 4) is 6.01 Å². The number of nitrogens with one attached hydrogen (secondary N) is 1. The van der Waals surface area contributed by atoms with Crippen LogP contribution in [-0.2, 0) is 13.0 Å². The van der Waals surface area contributed by atoms with E-state index in [4.69, 9.17) is 4.74 Å². The zero-order chi connectivity index (χ0) is 26.1. The minimum atomic E-state index is -3.13. The Kier molecular flexibility index (Phi) is 7.71. The Morgan fingerprint density at radius 1 is 0.973 bits per heavy atom. The largest absolute Gasteiger partial charge is 0.467 e. The van der Waals surface area contributed by atoms with Gasteiger partial charge in [0.25, 0.3) is 6.43 Å². The Balaban J connectivity index is 0.000000412. The molecule has 2 aromatic rings. The molecule has 4 aliphatic rings. The van der Waals surface area contributed by atoms with E-state index >= 15 is 0 Å². The smallest absolute Gasteiger partial charge is 0.318 e. The van der Waals surface area contributed by atoms with Crippen molar-refractivity contribution in [1.82, 2.24) is 20.2 Å². The molecule has 3 saturated heterocycles. The normalized spacial score (nSPS) is 23.2. The second-order valence-corrected chi connectivity index (χ2v) is 10.3. The average molecular weight is 523 g/mol. The Morgan fingerprint density at radius 2 is 1.65 bits per heavy atom. The maximum Gasteiger partial charge on any atom is 0.318 e. The number of alkyl halides is 2. The first-order valence-electron chi connectivity index (χ1n) is 13.0. The fourth-order valence-corrected chi connectivity index (χ4v) is 5.86. The number of anilines is 2. The molecule has 1 aromatic heterocycles. The molecule has 7 nitrogen and oxygen atoms in total. The summed E-state index contributed by atoms with van der Waals surface area (Å²) in [5.74, 6) is -1.21. The van der Waals surface area contributed by atoms with Gasteiger partial charge in [-0.2, -0.15) is 9.97 Å². The number of piperazine rings is 1. The van der Waals surface area contributed by atoms with Gasteiger partial charge in [-0.1, -0.05) is 0 Å². The fraction of sp³-hybridized carbons (Fsp3) is 0.615. The van der Waals surface area contributed by atoms with Crippen molar-refractivity contribution in [2.75, 3.05) is 56.7 Å². The number of fused-ring (bicyclic) bond motifs is 3. The number of aromatic nitrogens is 2. The first-order valence-corrected chi connectivity index (χ1v) is 13.0. The van der Waals surface area contributed by atoms with Crippen molar-refractivity contribution in [3.63, 3.8) is 0 Å². The Labute approximate surface area is 214 Å². The maximum absolute atomic E-state index is 14.5. The highest BCUT2D eigenvalue weighted by atomic mass is 19.3. The van der Waals surface area contributed by atoms with Gasteiger partial charge in [0.1, 0.15) is 17.5 Å². The lowest BCUT2D eigenvalue weighted by Gasteiger charge is -2.37. The van der Waals surface area contributed by atoms with Crippen LogP contribution in [0.1, 0.15) is 48.9 Å². The van der Waals surface area contributed by atoms with Gasteiger partial charge in [-0.15, -0.1) is 0 Å². The third kappa shape index (κ3) is 5.47. The summed E-state index contributed by atoms with van der Waals surface area (Å²) in [6.07, 6.45) is 2.38. The summed E-state index contributed by atoms with van der Waals surface area (Å²) in [5, 5.41) is 3.58. The molecule has 0 spiro atoms. The minimum absolute atomic E-state index is 0.0697. The SMILES string of the molecule is CN1CCCC1.COc1nc2c(c(N3CC4CCC(C3)N4)n1)CCN(c1c(F)ccc(F)c1C(F)F)C2. The predicted molar refractivity (Wildman–Crippen MR) is 134 cm³/mol. The lowest BCUT2D eigenvalue weighted by Crippen LogP contribution is -2.52. The number of ether oxygens (including phenoxy) is 1. The zero-order valence-electron chi connectivity index (χ0n) is 21.3. The summed E-state index contributed by atoms with van der Waals surface area (Å²) >= 11 is 0.